The van der Waals surface area contributed by atoms with Crippen molar-refractivity contribution >= 4 is 11.7 Å². The zero-order valence-corrected chi connectivity index (χ0v) is 11.7. The Labute approximate surface area is 105 Å². The van der Waals surface area contributed by atoms with Crippen molar-refractivity contribution in [1.29, 1.82) is 0 Å². The zero-order valence-electron chi connectivity index (χ0n) is 11.7. The predicted molar refractivity (Wildman–Crippen MR) is 74.2 cm³/mol. The first-order valence-electron chi connectivity index (χ1n) is 5.97. The van der Waals surface area contributed by atoms with Crippen LogP contribution in [0.25, 0.3) is 0 Å². The second-order valence-electron chi connectivity index (χ2n) is 5.92. The molecule has 17 heavy (non-hydrogen) atoms. The van der Waals surface area contributed by atoms with E-state index < -0.39 is 0 Å². The van der Waals surface area contributed by atoms with Gasteiger partial charge in [-0.2, -0.15) is 4.99 Å². The summed E-state index contributed by atoms with van der Waals surface area (Å²) in [5, 5.41) is 0. The average molecular weight is 230 g/mol. The van der Waals surface area contributed by atoms with Gasteiger partial charge in [-0.1, -0.05) is 39.0 Å². The quantitative estimate of drug-likeness (QED) is 0.662. The van der Waals surface area contributed by atoms with Crippen LogP contribution in [0.2, 0.25) is 0 Å². The Morgan fingerprint density at radius 1 is 1.00 bits per heavy atom. The number of aliphatic imine (C=N–C) groups is 2. The number of para-hydroxylation sites is 1. The molecule has 1 rings (SSSR count). The van der Waals surface area contributed by atoms with Crippen molar-refractivity contribution in [2.24, 2.45) is 15.4 Å². The molecule has 1 aromatic rings. The van der Waals surface area contributed by atoms with Crippen LogP contribution in [-0.2, 0) is 0 Å². The van der Waals surface area contributed by atoms with Gasteiger partial charge in [-0.15, -0.1) is 0 Å². The molecule has 0 heterocycles. The van der Waals surface area contributed by atoms with Gasteiger partial charge in [0.15, 0.2) is 0 Å². The lowest BCUT2D eigenvalue weighted by Gasteiger charge is -2.33. The van der Waals surface area contributed by atoms with Gasteiger partial charge in [0, 0.05) is 0 Å². The van der Waals surface area contributed by atoms with E-state index in [0.29, 0.717) is 0 Å². The van der Waals surface area contributed by atoms with Crippen molar-refractivity contribution in [3.63, 3.8) is 0 Å². The van der Waals surface area contributed by atoms with E-state index in [1.54, 1.807) is 0 Å². The molecular weight excluding hydrogens is 208 g/mol. The minimum atomic E-state index is -0.167. The summed E-state index contributed by atoms with van der Waals surface area (Å²) in [4.78, 5) is 8.73. The summed E-state index contributed by atoms with van der Waals surface area (Å²) in [6.07, 6.45) is 0. The molecule has 0 spiro atoms. The van der Waals surface area contributed by atoms with Crippen LogP contribution in [-0.4, -0.2) is 11.5 Å². The molecule has 2 nitrogen and oxygen atoms in total. The molecule has 2 heteroatoms. The lowest BCUT2D eigenvalue weighted by molar-refractivity contribution is 0.234. The fraction of sp³-hybridized carbons (Fsp3) is 0.533. The van der Waals surface area contributed by atoms with Gasteiger partial charge < -0.3 is 0 Å². The maximum absolute atomic E-state index is 4.45. The van der Waals surface area contributed by atoms with Crippen molar-refractivity contribution in [3.05, 3.63) is 29.8 Å². The highest BCUT2D eigenvalue weighted by Crippen LogP contribution is 2.32. The number of rotatable bonds is 2. The number of hydrogen-bond donors (Lipinski definition) is 0. The third-order valence-corrected chi connectivity index (χ3v) is 3.45. The predicted octanol–water partition coefficient (Wildman–Crippen LogP) is 4.63. The van der Waals surface area contributed by atoms with Crippen LogP contribution in [0.4, 0.5) is 5.69 Å². The van der Waals surface area contributed by atoms with E-state index in [2.05, 4.69) is 50.6 Å². The molecule has 0 saturated carbocycles. The summed E-state index contributed by atoms with van der Waals surface area (Å²) in [5.74, 6) is 0. The summed E-state index contributed by atoms with van der Waals surface area (Å²) < 4.78 is 0. The molecule has 0 amide bonds. The largest absolute Gasteiger partial charge is 0.219 e. The van der Waals surface area contributed by atoms with Crippen LogP contribution in [0.1, 0.15) is 40.2 Å². The lowest BCUT2D eigenvalue weighted by atomic mass is 9.77. The Hall–Kier alpha value is -1.40. The van der Waals surface area contributed by atoms with E-state index in [0.717, 1.165) is 11.3 Å². The minimum absolute atomic E-state index is 0.0985. The van der Waals surface area contributed by atoms with Gasteiger partial charge in [0.1, 0.15) is 0 Å². The Morgan fingerprint density at radius 3 is 2.12 bits per heavy atom. The molecule has 0 N–H and O–H groups in total. The maximum atomic E-state index is 4.45. The SMILES string of the molecule is Cc1ccccc1N=C=NC(C)(C)C(C)(C)C. The fourth-order valence-corrected chi connectivity index (χ4v) is 1.06. The molecule has 0 aliphatic rings. The van der Waals surface area contributed by atoms with Gasteiger partial charge in [-0.25, -0.2) is 4.99 Å². The van der Waals surface area contributed by atoms with E-state index in [-0.39, 0.29) is 11.0 Å². The van der Waals surface area contributed by atoms with Gasteiger partial charge in [-0.3, -0.25) is 0 Å². The third kappa shape index (κ3) is 3.54. The first-order valence-corrected chi connectivity index (χ1v) is 5.97. The first kappa shape index (κ1) is 13.7. The van der Waals surface area contributed by atoms with Gasteiger partial charge in [0.25, 0.3) is 0 Å². The zero-order chi connectivity index (χ0) is 13.1. The number of nitrogens with zero attached hydrogens (tertiary/aromatic N) is 2. The van der Waals surface area contributed by atoms with Crippen LogP contribution >= 0.6 is 0 Å². The summed E-state index contributed by atoms with van der Waals surface area (Å²) >= 11 is 0. The van der Waals surface area contributed by atoms with Crippen molar-refractivity contribution in [3.8, 4) is 0 Å². The standard InChI is InChI=1S/C15H22N2/c1-12-9-7-8-10-13(12)16-11-17-15(5,6)14(2,3)4/h7-10H,1-6H3. The highest BCUT2D eigenvalue weighted by Gasteiger charge is 2.31. The lowest BCUT2D eigenvalue weighted by Crippen LogP contribution is -2.34. The second kappa shape index (κ2) is 4.85. The summed E-state index contributed by atoms with van der Waals surface area (Å²) in [6, 6.07) is 10.8. The Balaban J connectivity index is 2.96. The van der Waals surface area contributed by atoms with E-state index in [4.69, 9.17) is 0 Å². The van der Waals surface area contributed by atoms with Crippen molar-refractivity contribution in [2.45, 2.75) is 47.1 Å². The first-order chi connectivity index (χ1) is 7.74. The normalized spacial score (nSPS) is 11.9. The number of aryl methyl sites for hydroxylation is 1. The molecule has 0 radical (unpaired) electrons. The Kier molecular flexibility index (Phi) is 3.90. The fourth-order valence-electron chi connectivity index (χ4n) is 1.06. The molecule has 0 atom stereocenters. The molecular formula is C15H22N2. The Bertz CT molecular complexity index is 444. The maximum Gasteiger partial charge on any atom is 0.0954 e. The molecule has 92 valence electrons. The molecule has 1 aromatic carbocycles. The van der Waals surface area contributed by atoms with E-state index >= 15 is 0 Å². The monoisotopic (exact) mass is 230 g/mol. The minimum Gasteiger partial charge on any atom is -0.219 e. The van der Waals surface area contributed by atoms with Crippen molar-refractivity contribution < 1.29 is 0 Å². The number of benzene rings is 1. The van der Waals surface area contributed by atoms with Gasteiger partial charge in [0.2, 0.25) is 0 Å². The highest BCUT2D eigenvalue weighted by molar-refractivity contribution is 5.56. The van der Waals surface area contributed by atoms with E-state index in [9.17, 15) is 0 Å². The molecule has 0 aromatic heterocycles. The van der Waals surface area contributed by atoms with Gasteiger partial charge >= 0.3 is 0 Å². The molecule has 0 unspecified atom stereocenters. The van der Waals surface area contributed by atoms with Gasteiger partial charge in [-0.05, 0) is 37.8 Å². The summed E-state index contributed by atoms with van der Waals surface area (Å²) in [7, 11) is 0. The van der Waals surface area contributed by atoms with E-state index in [1.807, 2.05) is 31.2 Å². The highest BCUT2D eigenvalue weighted by atomic mass is 14.9. The topological polar surface area (TPSA) is 24.7 Å². The molecule has 0 aliphatic carbocycles. The molecule has 0 fully saturated rings. The second-order valence-corrected chi connectivity index (χ2v) is 5.92. The molecule has 0 saturated heterocycles. The van der Waals surface area contributed by atoms with Crippen LogP contribution in [0.15, 0.2) is 34.3 Å². The summed E-state index contributed by atoms with van der Waals surface area (Å²) in [6.45, 7) is 12.8. The van der Waals surface area contributed by atoms with Crippen molar-refractivity contribution in [1.82, 2.24) is 0 Å². The Morgan fingerprint density at radius 2 is 1.59 bits per heavy atom. The summed E-state index contributed by atoms with van der Waals surface area (Å²) in [5.41, 5.74) is 2.00. The smallest absolute Gasteiger partial charge is 0.0954 e. The van der Waals surface area contributed by atoms with Gasteiger partial charge in [0.05, 0.1) is 17.2 Å². The third-order valence-electron chi connectivity index (χ3n) is 3.45. The van der Waals surface area contributed by atoms with Crippen LogP contribution in [0, 0.1) is 12.3 Å². The van der Waals surface area contributed by atoms with Crippen LogP contribution < -0.4 is 0 Å². The van der Waals surface area contributed by atoms with Crippen molar-refractivity contribution in [2.75, 3.05) is 0 Å². The van der Waals surface area contributed by atoms with Crippen LogP contribution in [0.3, 0.4) is 0 Å². The molecule has 0 bridgehead atoms. The average Bonchev–Trinajstić information content (AvgIpc) is 2.19. The van der Waals surface area contributed by atoms with Crippen LogP contribution in [0.5, 0.6) is 0 Å². The molecule has 0 aliphatic heterocycles. The van der Waals surface area contributed by atoms with E-state index in [1.165, 1.54) is 0 Å². The number of hydrogen-bond acceptors (Lipinski definition) is 2.